The summed E-state index contributed by atoms with van der Waals surface area (Å²) in [6.45, 7) is 0. The van der Waals surface area contributed by atoms with Crippen LogP contribution in [0.4, 0.5) is 0 Å². The monoisotopic (exact) mass is 578 g/mol. The largest absolute Gasteiger partial charge is 0.436 e. The van der Waals surface area contributed by atoms with Crippen molar-refractivity contribution in [1.82, 2.24) is 4.98 Å². The molecule has 8 rings (SSSR count). The van der Waals surface area contributed by atoms with E-state index in [9.17, 15) is 0 Å². The molecule has 0 aliphatic carbocycles. The van der Waals surface area contributed by atoms with Gasteiger partial charge in [0.05, 0.1) is 0 Å². The molecule has 7 aromatic carbocycles. The zero-order valence-electron chi connectivity index (χ0n) is 24.2. The van der Waals surface area contributed by atoms with Gasteiger partial charge in [0, 0.05) is 28.3 Å². The molecule has 1 N–H and O–H groups in total. The van der Waals surface area contributed by atoms with Crippen molar-refractivity contribution in [1.29, 1.82) is 5.41 Å². The van der Waals surface area contributed by atoms with Gasteiger partial charge in [0.2, 0.25) is 5.89 Å². The van der Waals surface area contributed by atoms with Gasteiger partial charge in [-0.15, -0.1) is 0 Å². The van der Waals surface area contributed by atoms with Crippen LogP contribution in [-0.4, -0.2) is 22.9 Å². The normalized spacial score (nSPS) is 12.1. The van der Waals surface area contributed by atoms with E-state index in [2.05, 4.69) is 58.5 Å². The maximum Gasteiger partial charge on any atom is 0.227 e. The van der Waals surface area contributed by atoms with Crippen molar-refractivity contribution in [2.24, 2.45) is 9.98 Å². The van der Waals surface area contributed by atoms with E-state index < -0.39 is 0 Å². The molecule has 0 saturated heterocycles. The van der Waals surface area contributed by atoms with E-state index in [-0.39, 0.29) is 5.84 Å². The molecule has 0 aliphatic heterocycles. The second kappa shape index (κ2) is 11.1. The Morgan fingerprint density at radius 3 is 2.11 bits per heavy atom. The maximum atomic E-state index is 8.89. The number of oxazole rings is 1. The number of nitrogens with zero attached hydrogens (tertiary/aromatic N) is 3. The number of fused-ring (bicyclic) bond motifs is 6. The highest BCUT2D eigenvalue weighted by atomic mass is 16.3. The molecule has 212 valence electrons. The molecule has 0 fully saturated rings. The van der Waals surface area contributed by atoms with Crippen molar-refractivity contribution in [3.05, 3.63) is 162 Å². The quantitative estimate of drug-likeness (QED) is 0.128. The highest BCUT2D eigenvalue weighted by Crippen LogP contribution is 2.37. The standard InChI is InChI=1S/C40H26N4O/c41-38(44-39(27-13-5-2-6-14-27)42-25-26-11-3-1-4-12-26)30-19-21-32-29(23-30)20-22-36-37(32)43-40(45-36)35-24-28-15-7-8-16-31(28)33-17-9-10-18-34(33)35/h1-25,41H. The summed E-state index contributed by atoms with van der Waals surface area (Å²) in [5.74, 6) is 1.19. The predicted octanol–water partition coefficient (Wildman–Crippen LogP) is 9.85. The molecular weight excluding hydrogens is 552 g/mol. The minimum absolute atomic E-state index is 0.129. The van der Waals surface area contributed by atoms with E-state index in [0.717, 1.165) is 49.3 Å². The average molecular weight is 579 g/mol. The molecule has 0 spiro atoms. The van der Waals surface area contributed by atoms with Crippen LogP contribution in [0.25, 0.3) is 54.9 Å². The van der Waals surface area contributed by atoms with Crippen LogP contribution in [0.5, 0.6) is 0 Å². The third kappa shape index (κ3) is 4.96. The summed E-state index contributed by atoms with van der Waals surface area (Å²) < 4.78 is 6.37. The zero-order chi connectivity index (χ0) is 30.2. The number of benzene rings is 7. The topological polar surface area (TPSA) is 74.6 Å². The number of hydrogen-bond donors (Lipinski definition) is 1. The van der Waals surface area contributed by atoms with E-state index in [4.69, 9.17) is 14.8 Å². The van der Waals surface area contributed by atoms with E-state index in [1.807, 2.05) is 97.1 Å². The van der Waals surface area contributed by atoms with Gasteiger partial charge in [0.15, 0.2) is 17.3 Å². The van der Waals surface area contributed by atoms with Crippen LogP contribution in [0.15, 0.2) is 160 Å². The van der Waals surface area contributed by atoms with E-state index in [1.165, 1.54) is 10.8 Å². The first-order chi connectivity index (χ1) is 22.2. The molecule has 1 aromatic heterocycles. The second-order valence-corrected chi connectivity index (χ2v) is 10.9. The molecule has 45 heavy (non-hydrogen) atoms. The first-order valence-electron chi connectivity index (χ1n) is 14.8. The van der Waals surface area contributed by atoms with Crippen LogP contribution in [0.3, 0.4) is 0 Å². The van der Waals surface area contributed by atoms with E-state index >= 15 is 0 Å². The van der Waals surface area contributed by atoms with Crippen molar-refractivity contribution in [2.75, 3.05) is 0 Å². The zero-order valence-corrected chi connectivity index (χ0v) is 24.2. The van der Waals surface area contributed by atoms with Gasteiger partial charge in [-0.05, 0) is 50.7 Å². The highest BCUT2D eigenvalue weighted by Gasteiger charge is 2.16. The number of hydrogen-bond acceptors (Lipinski definition) is 3. The second-order valence-electron chi connectivity index (χ2n) is 10.9. The van der Waals surface area contributed by atoms with Crippen molar-refractivity contribution in [3.63, 3.8) is 0 Å². The molecule has 0 saturated carbocycles. The number of amidine groups is 2. The number of aromatic nitrogens is 1. The number of aliphatic imine (C=N–C) groups is 2. The van der Waals surface area contributed by atoms with Gasteiger partial charge in [-0.3, -0.25) is 5.41 Å². The Morgan fingerprint density at radius 1 is 0.600 bits per heavy atom. The Labute approximate surface area is 259 Å². The fourth-order valence-corrected chi connectivity index (χ4v) is 5.81. The summed E-state index contributed by atoms with van der Waals surface area (Å²) in [4.78, 5) is 14.4. The van der Waals surface area contributed by atoms with E-state index in [1.54, 1.807) is 6.21 Å². The first-order valence-corrected chi connectivity index (χ1v) is 14.8. The highest BCUT2D eigenvalue weighted by molar-refractivity contribution is 6.16. The van der Waals surface area contributed by atoms with Gasteiger partial charge in [-0.25, -0.2) is 15.0 Å². The van der Waals surface area contributed by atoms with E-state index in [0.29, 0.717) is 17.3 Å². The average Bonchev–Trinajstić information content (AvgIpc) is 3.55. The molecule has 0 bridgehead atoms. The lowest BCUT2D eigenvalue weighted by molar-refractivity contribution is 0.621. The number of nitrogens with one attached hydrogen (secondary N) is 1. The van der Waals surface area contributed by atoms with Gasteiger partial charge < -0.3 is 4.42 Å². The van der Waals surface area contributed by atoms with Crippen LogP contribution < -0.4 is 0 Å². The van der Waals surface area contributed by atoms with Crippen LogP contribution in [-0.2, 0) is 0 Å². The molecule has 0 atom stereocenters. The Morgan fingerprint density at radius 2 is 1.29 bits per heavy atom. The summed E-state index contributed by atoms with van der Waals surface area (Å²) in [5.41, 5.74) is 4.97. The maximum absolute atomic E-state index is 8.89. The third-order valence-electron chi connectivity index (χ3n) is 8.03. The van der Waals surface area contributed by atoms with Gasteiger partial charge >= 0.3 is 0 Å². The Hall–Kier alpha value is -6.20. The molecule has 0 aliphatic rings. The molecule has 0 radical (unpaired) electrons. The molecule has 5 nitrogen and oxygen atoms in total. The summed E-state index contributed by atoms with van der Waals surface area (Å²) >= 11 is 0. The van der Waals surface area contributed by atoms with Crippen LogP contribution in [0.1, 0.15) is 16.7 Å². The van der Waals surface area contributed by atoms with Crippen molar-refractivity contribution in [3.8, 4) is 11.5 Å². The molecule has 0 unspecified atom stereocenters. The summed E-state index contributed by atoms with van der Waals surface area (Å²) in [5, 5.41) is 15.4. The van der Waals surface area contributed by atoms with Crippen LogP contribution in [0.2, 0.25) is 0 Å². The summed E-state index contributed by atoms with van der Waals surface area (Å²) in [7, 11) is 0. The Kier molecular flexibility index (Phi) is 6.54. The fourth-order valence-electron chi connectivity index (χ4n) is 5.81. The predicted molar refractivity (Wildman–Crippen MR) is 186 cm³/mol. The lowest BCUT2D eigenvalue weighted by atomic mass is 9.97. The van der Waals surface area contributed by atoms with Crippen LogP contribution in [0, 0.1) is 5.41 Å². The molecule has 8 aromatic rings. The van der Waals surface area contributed by atoms with Crippen molar-refractivity contribution >= 4 is 61.3 Å². The minimum Gasteiger partial charge on any atom is -0.436 e. The van der Waals surface area contributed by atoms with Gasteiger partial charge in [-0.1, -0.05) is 127 Å². The van der Waals surface area contributed by atoms with Crippen molar-refractivity contribution in [2.45, 2.75) is 0 Å². The molecule has 0 amide bonds. The number of rotatable bonds is 4. The molecule has 5 heteroatoms. The minimum atomic E-state index is 0.129. The first kappa shape index (κ1) is 26.4. The SMILES string of the molecule is N=C(N=C(N=Cc1ccccc1)c1ccccc1)c1ccc2c(ccc3oc(-c4cc5ccccc5c5ccccc45)nc32)c1. The lowest BCUT2D eigenvalue weighted by Gasteiger charge is -2.08. The van der Waals surface area contributed by atoms with Gasteiger partial charge in [-0.2, -0.15) is 0 Å². The summed E-state index contributed by atoms with van der Waals surface area (Å²) in [6, 6.07) is 48.4. The van der Waals surface area contributed by atoms with Gasteiger partial charge in [0.1, 0.15) is 5.52 Å². The third-order valence-corrected chi connectivity index (χ3v) is 8.03. The van der Waals surface area contributed by atoms with Crippen LogP contribution >= 0.6 is 0 Å². The fraction of sp³-hybridized carbons (Fsp3) is 0. The Bertz CT molecular complexity index is 2440. The smallest absolute Gasteiger partial charge is 0.227 e. The molecule has 1 heterocycles. The molecular formula is C40H26N4O. The lowest BCUT2D eigenvalue weighted by Crippen LogP contribution is -2.04. The summed E-state index contributed by atoms with van der Waals surface area (Å²) in [6.07, 6.45) is 1.77. The van der Waals surface area contributed by atoms with Crippen molar-refractivity contribution < 1.29 is 4.42 Å². The van der Waals surface area contributed by atoms with Gasteiger partial charge in [0.25, 0.3) is 0 Å². The Balaban J connectivity index is 1.19.